The van der Waals surface area contributed by atoms with Gasteiger partial charge in [0.2, 0.25) is 0 Å². The zero-order valence-corrected chi connectivity index (χ0v) is 36.6. The summed E-state index contributed by atoms with van der Waals surface area (Å²) in [6.45, 7) is 9.04. The molecule has 300 valence electrons. The smallest absolute Gasteiger partial charge is 0.145 e. The first-order valence-electron chi connectivity index (χ1n) is 21.9. The summed E-state index contributed by atoms with van der Waals surface area (Å²) in [5.74, 6) is 0. The molecule has 0 fully saturated rings. The van der Waals surface area contributed by atoms with Crippen LogP contribution in [0, 0.1) is 6.92 Å². The van der Waals surface area contributed by atoms with Crippen molar-refractivity contribution in [3.05, 3.63) is 210 Å². The molecule has 1 aliphatic carbocycles. The number of hydrogen-bond acceptors (Lipinski definition) is 2. The highest BCUT2D eigenvalue weighted by Crippen LogP contribution is 2.52. The topological polar surface area (TPSA) is 13.1 Å². The Kier molecular flexibility index (Phi) is 8.58. The first kappa shape index (κ1) is 37.5. The molecule has 0 unspecified atom stereocenters. The van der Waals surface area contributed by atoms with Crippen LogP contribution in [0.1, 0.15) is 43.0 Å². The van der Waals surface area contributed by atoms with Crippen molar-refractivity contribution in [3.8, 4) is 44.5 Å². The molecule has 0 aliphatic heterocycles. The van der Waals surface area contributed by atoms with Gasteiger partial charge in [0.1, 0.15) is 11.2 Å². The van der Waals surface area contributed by atoms with E-state index in [1.165, 1.54) is 119 Å². The van der Waals surface area contributed by atoms with E-state index in [-0.39, 0.29) is 5.41 Å². The molecular weight excluding hydrogens is 781 g/mol. The Morgan fingerprint density at radius 1 is 0.460 bits per heavy atom. The minimum atomic E-state index is -0.160. The maximum absolute atomic E-state index is 6.68. The highest BCUT2D eigenvalue weighted by atomic mass is 32.1. The van der Waals surface area contributed by atoms with Crippen LogP contribution in [0.3, 0.4) is 0 Å². The van der Waals surface area contributed by atoms with Gasteiger partial charge < -0.3 is 4.42 Å². The van der Waals surface area contributed by atoms with Crippen molar-refractivity contribution in [3.63, 3.8) is 0 Å². The highest BCUT2D eigenvalue weighted by Gasteiger charge is 2.36. The summed E-state index contributed by atoms with van der Waals surface area (Å²) in [7, 11) is 0. The fourth-order valence-corrected chi connectivity index (χ4v) is 11.7. The van der Waals surface area contributed by atoms with Crippen LogP contribution in [0.5, 0.6) is 0 Å². The summed E-state index contributed by atoms with van der Waals surface area (Å²) in [5.41, 5.74) is 16.9. The molecule has 0 saturated carbocycles. The van der Waals surface area contributed by atoms with Gasteiger partial charge in [-0.3, -0.25) is 0 Å². The third-order valence-corrected chi connectivity index (χ3v) is 14.8. The Balaban J connectivity index is 0.984. The molecule has 0 N–H and O–H groups in total. The molecule has 2 heterocycles. The lowest BCUT2D eigenvalue weighted by atomic mass is 9.81. The molecule has 0 spiro atoms. The van der Waals surface area contributed by atoms with E-state index in [0.717, 1.165) is 11.2 Å². The molecule has 63 heavy (non-hydrogen) atoms. The van der Waals surface area contributed by atoms with Gasteiger partial charge in [0, 0.05) is 41.7 Å². The van der Waals surface area contributed by atoms with Crippen molar-refractivity contribution < 1.29 is 4.42 Å². The number of aryl methyl sites for hydroxylation is 1. The number of para-hydroxylation sites is 1. The highest BCUT2D eigenvalue weighted by molar-refractivity contribution is 7.27. The van der Waals surface area contributed by atoms with Crippen LogP contribution in [0.4, 0.5) is 0 Å². The summed E-state index contributed by atoms with van der Waals surface area (Å²) in [6.07, 6.45) is 4.29. The van der Waals surface area contributed by atoms with Gasteiger partial charge in [-0.2, -0.15) is 0 Å². The second kappa shape index (κ2) is 14.4. The predicted octanol–water partition coefficient (Wildman–Crippen LogP) is 18.0. The number of hydrogen-bond donors (Lipinski definition) is 0. The average molecular weight is 825 g/mol. The van der Waals surface area contributed by atoms with Gasteiger partial charge in [0.25, 0.3) is 0 Å². The van der Waals surface area contributed by atoms with Crippen molar-refractivity contribution >= 4 is 81.1 Å². The zero-order chi connectivity index (χ0) is 42.4. The number of fused-ring (bicyclic) bond motifs is 14. The van der Waals surface area contributed by atoms with E-state index in [0.29, 0.717) is 0 Å². The van der Waals surface area contributed by atoms with Crippen LogP contribution in [0.2, 0.25) is 0 Å². The average Bonchev–Trinajstić information content (AvgIpc) is 3.96. The molecule has 0 saturated heterocycles. The van der Waals surface area contributed by atoms with Crippen LogP contribution in [-0.2, 0) is 5.41 Å². The minimum absolute atomic E-state index is 0.160. The second-order valence-corrected chi connectivity index (χ2v) is 18.6. The molecule has 12 rings (SSSR count). The first-order valence-corrected chi connectivity index (χ1v) is 22.8. The molecule has 1 aliphatic rings. The lowest BCUT2D eigenvalue weighted by Gasteiger charge is -2.22. The van der Waals surface area contributed by atoms with Crippen LogP contribution in [-0.4, -0.2) is 0 Å². The van der Waals surface area contributed by atoms with Gasteiger partial charge in [0.15, 0.2) is 0 Å². The van der Waals surface area contributed by atoms with Gasteiger partial charge >= 0.3 is 0 Å². The van der Waals surface area contributed by atoms with Crippen molar-refractivity contribution in [1.29, 1.82) is 0 Å². The third kappa shape index (κ3) is 5.82. The summed E-state index contributed by atoms with van der Waals surface area (Å²) >= 11 is 1.88. The van der Waals surface area contributed by atoms with Gasteiger partial charge in [0.05, 0.1) is 0 Å². The quantitative estimate of drug-likeness (QED) is 0.172. The summed E-state index contributed by atoms with van der Waals surface area (Å²) in [6, 6.07) is 67.4. The maximum atomic E-state index is 6.68. The number of rotatable bonds is 4. The number of benzene rings is 8. The molecular formula is C61H44OS. The molecule has 11 aromatic rings. The Labute approximate surface area is 371 Å². The van der Waals surface area contributed by atoms with E-state index < -0.39 is 0 Å². The van der Waals surface area contributed by atoms with Crippen LogP contribution < -0.4 is 0 Å². The maximum Gasteiger partial charge on any atom is 0.145 e. The first-order chi connectivity index (χ1) is 30.9. The SMILES string of the molecule is C/C=C\c1ccc(-c2ccccccc(-c3ccc4c(c3)-c3ccc(-c5ccc6c(c5)sc5c7ccccc7c7c8ccccc8oc7c65)cc3C4(C)C)c3ccccc23)cc1C. The van der Waals surface area contributed by atoms with Crippen LogP contribution in [0.15, 0.2) is 192 Å². The molecule has 9 aromatic carbocycles. The van der Waals surface area contributed by atoms with E-state index in [1.54, 1.807) is 0 Å². The molecule has 2 heteroatoms. The van der Waals surface area contributed by atoms with E-state index in [2.05, 4.69) is 222 Å². The lowest BCUT2D eigenvalue weighted by Crippen LogP contribution is -2.15. The minimum Gasteiger partial charge on any atom is -0.455 e. The van der Waals surface area contributed by atoms with E-state index in [9.17, 15) is 0 Å². The Morgan fingerprint density at radius 2 is 1.08 bits per heavy atom. The third-order valence-electron chi connectivity index (χ3n) is 13.6. The van der Waals surface area contributed by atoms with E-state index in [1.807, 2.05) is 11.3 Å². The molecule has 0 atom stereocenters. The Morgan fingerprint density at radius 3 is 1.83 bits per heavy atom. The predicted molar refractivity (Wildman–Crippen MR) is 273 cm³/mol. The Hall–Kier alpha value is -7.26. The molecule has 1 nitrogen and oxygen atoms in total. The Bertz CT molecular complexity index is 3790. The number of allylic oxidation sites excluding steroid dienone is 1. The lowest BCUT2D eigenvalue weighted by molar-refractivity contribution is 0.660. The van der Waals surface area contributed by atoms with Crippen molar-refractivity contribution in [2.45, 2.75) is 33.1 Å². The monoisotopic (exact) mass is 824 g/mol. The fraction of sp³-hybridized carbons (Fsp3) is 0.0820. The standard InChI is InChI=1S/C61H44OS/c1-5-16-38-25-26-41(33-37(38)2)43-17-8-6-7-9-18-44(46-20-11-10-19-45(43)46)42-29-32-53-52(34-42)47-30-27-39(35-54(47)61(53,3)4)40-28-31-51-56(36-40)63-60-49-22-13-12-21-48(49)57-50-23-14-15-24-55(50)62-59(57)58(51)60/h5-36H,1-4H3/b7-6?,8-6?,9-7?,16-5-,17-8?,18-9?,43-17?,44-18?,45-43?,46-44?. The second-order valence-electron chi connectivity index (χ2n) is 17.6. The number of thiophene rings is 1. The van der Waals surface area contributed by atoms with Crippen LogP contribution >= 0.6 is 11.3 Å². The summed E-state index contributed by atoms with van der Waals surface area (Å²) in [5, 5.41) is 9.81. The van der Waals surface area contributed by atoms with Crippen molar-refractivity contribution in [2.75, 3.05) is 0 Å². The molecule has 0 radical (unpaired) electrons. The van der Waals surface area contributed by atoms with Crippen molar-refractivity contribution in [1.82, 2.24) is 0 Å². The summed E-state index contributed by atoms with van der Waals surface area (Å²) < 4.78 is 9.23. The largest absolute Gasteiger partial charge is 0.455 e. The zero-order valence-electron chi connectivity index (χ0n) is 35.8. The van der Waals surface area contributed by atoms with Crippen LogP contribution in [0.25, 0.3) is 114 Å². The fourth-order valence-electron chi connectivity index (χ4n) is 10.5. The molecule has 0 amide bonds. The summed E-state index contributed by atoms with van der Waals surface area (Å²) in [4.78, 5) is 0. The van der Waals surface area contributed by atoms with E-state index >= 15 is 0 Å². The van der Waals surface area contributed by atoms with Gasteiger partial charge in [-0.1, -0.05) is 184 Å². The van der Waals surface area contributed by atoms with E-state index in [4.69, 9.17) is 4.42 Å². The number of furan rings is 1. The van der Waals surface area contributed by atoms with Gasteiger partial charge in [-0.25, -0.2) is 0 Å². The normalized spacial score (nSPS) is 13.1. The van der Waals surface area contributed by atoms with Crippen molar-refractivity contribution in [2.24, 2.45) is 0 Å². The van der Waals surface area contributed by atoms with Gasteiger partial charge in [-0.05, 0) is 121 Å². The molecule has 2 aromatic heterocycles. The van der Waals surface area contributed by atoms with Gasteiger partial charge in [-0.15, -0.1) is 11.3 Å². The molecule has 0 bridgehead atoms.